The van der Waals surface area contributed by atoms with Gasteiger partial charge in [0.1, 0.15) is 38.7 Å². The minimum absolute atomic E-state index is 0.00282. The lowest BCUT2D eigenvalue weighted by Crippen LogP contribution is -2.42. The third-order valence-electron chi connectivity index (χ3n) is 16.8. The number of hydrogen-bond donors (Lipinski definition) is 5. The SMILES string of the molecule is Cc1ccc(Cn2cnc(=O)c3cc(Oc4ncc(CN5CCCC(F)(F)C5)cc4C(F)(F)F)ccc32)cc1.FC1(F)CCCN(Cc2cnc(Cl)c(C(F)(F)F)c2)C1.NC(=O)c1cc(Oc2ncc(CN3CCCC(F)(F)C3)cc2C(F)(F)F)ccc1N.Nc1ccc(O)cc1C(=O)O.O=Cc1cnc(Cl)c(C(F)(F)F)c1. The Hall–Kier alpha value is -10.6. The number of rotatable bonds is 15. The number of nitrogens with zero attached hydrogens (tertiary/aromatic N) is 9. The third kappa shape index (κ3) is 25.7. The number of hydrogen-bond acceptors (Lipinski definition) is 17. The van der Waals surface area contributed by atoms with E-state index >= 15 is 0 Å². The fourth-order valence-electron chi connectivity index (χ4n) is 11.6. The summed E-state index contributed by atoms with van der Waals surface area (Å²) in [5.74, 6) is -12.2. The first-order valence-corrected chi connectivity index (χ1v) is 34.1. The average Bonchev–Trinajstić information content (AvgIpc) is 0.788. The van der Waals surface area contributed by atoms with E-state index in [0.717, 1.165) is 53.9 Å². The summed E-state index contributed by atoms with van der Waals surface area (Å²) in [4.78, 5) is 66.8. The van der Waals surface area contributed by atoms with Crippen molar-refractivity contribution in [3.63, 3.8) is 0 Å². The summed E-state index contributed by atoms with van der Waals surface area (Å²) in [6.07, 6.45) is -12.4. The first-order valence-electron chi connectivity index (χ1n) is 33.4. The standard InChI is InChI=1S/C28H25F5N4O2.C19H19F5N4O2.C12H12ClF5N2.C7H3ClF3NO.C7H7NO3/c1-18-3-5-19(6-4-18)15-37-17-35-25(38)22-12-21(7-8-24(22)37)39-26-23(28(31,32)33)11-20(13-34-26)14-36-10-2-9-27(29,30)16-36;20-18(21)4-1-5-28(10-18)9-11-6-14(19(22,23)24)17(27-8-11)30-12-2-3-15(25)13(7-12)16(26)29;13-10-9(12(16,17)18)4-8(5-19-10)6-20-3-1-2-11(14,15)7-20;8-6-5(7(9,10)11)1-4(3-13)2-12-6;8-6-2-1-4(9)3-5(6)7(10)11/h3-8,11-13,17H,2,9-10,14-16H2,1H3;2-3,6-8H,1,4-5,9-10,25H2,(H2,26,29);4-5H,1-3,6-7H2;1-3H;1-3,9H,8H2,(H,10,11). The monoisotopic (exact) mass is 1650 g/mol. The fourth-order valence-corrected chi connectivity index (χ4v) is 12.0. The molecule has 0 spiro atoms. The van der Waals surface area contributed by atoms with Gasteiger partial charge in [0.2, 0.25) is 11.8 Å². The van der Waals surface area contributed by atoms with Crippen LogP contribution in [0.5, 0.6) is 29.0 Å². The Morgan fingerprint density at radius 3 is 1.37 bits per heavy atom. The van der Waals surface area contributed by atoms with Crippen LogP contribution in [0.2, 0.25) is 10.3 Å². The van der Waals surface area contributed by atoms with Gasteiger partial charge in [0.25, 0.3) is 29.2 Å². The number of primary amides is 1. The number of nitrogen functional groups attached to an aromatic ring is 2. The normalized spacial score (nSPS) is 15.8. The molecule has 606 valence electrons. The minimum atomic E-state index is -4.80. The molecule has 0 unspecified atom stereocenters. The minimum Gasteiger partial charge on any atom is -0.508 e. The number of ether oxygens (including phenoxy) is 2. The van der Waals surface area contributed by atoms with Gasteiger partial charge in [0.05, 0.1) is 59.1 Å². The van der Waals surface area contributed by atoms with Crippen molar-refractivity contribution < 1.29 is 113 Å². The largest absolute Gasteiger partial charge is 0.508 e. The van der Waals surface area contributed by atoms with Gasteiger partial charge in [-0.1, -0.05) is 53.0 Å². The number of pyridine rings is 4. The number of nitrogens with two attached hydrogens (primary N) is 3. The molecular weight excluding hydrogens is 1590 g/mol. The number of carboxylic acid groups (broad SMARTS) is 1. The Bertz CT molecular complexity index is 4920. The first-order chi connectivity index (χ1) is 52.6. The molecular formula is C73H66Cl2F18N12O8. The predicted molar refractivity (Wildman–Crippen MR) is 376 cm³/mol. The molecule has 8 heterocycles. The molecule has 0 radical (unpaired) electrons. The number of halogens is 20. The van der Waals surface area contributed by atoms with Crippen LogP contribution in [0, 0.1) is 6.92 Å². The number of carboxylic acids is 1. The number of aldehydes is 1. The molecule has 0 bridgehead atoms. The van der Waals surface area contributed by atoms with Crippen molar-refractivity contribution in [2.45, 2.75) is 114 Å². The van der Waals surface area contributed by atoms with Gasteiger partial charge in [0, 0.05) is 87.2 Å². The lowest BCUT2D eigenvalue weighted by Gasteiger charge is -2.32. The number of aryl methyl sites for hydroxylation is 1. The second-order valence-electron chi connectivity index (χ2n) is 26.0. The molecule has 3 aliphatic rings. The number of alkyl halides is 18. The summed E-state index contributed by atoms with van der Waals surface area (Å²) in [5.41, 5.74) is 14.1. The Kier molecular flexibility index (Phi) is 28.4. The number of phenolic OH excluding ortho intramolecular Hbond substituents is 1. The van der Waals surface area contributed by atoms with Gasteiger partial charge in [0.15, 0.2) is 6.29 Å². The lowest BCUT2D eigenvalue weighted by molar-refractivity contribution is -0.139. The molecule has 3 saturated heterocycles. The molecule has 20 nitrogen and oxygen atoms in total. The molecule has 3 fully saturated rings. The van der Waals surface area contributed by atoms with Crippen molar-refractivity contribution in [1.82, 2.24) is 44.2 Å². The molecule has 8 N–H and O–H groups in total. The second-order valence-corrected chi connectivity index (χ2v) is 26.8. The zero-order valence-corrected chi connectivity index (χ0v) is 60.3. The molecule has 12 rings (SSSR count). The lowest BCUT2D eigenvalue weighted by atomic mass is 10.1. The van der Waals surface area contributed by atoms with E-state index in [1.165, 1.54) is 69.8 Å². The second kappa shape index (κ2) is 36.5. The van der Waals surface area contributed by atoms with Crippen LogP contribution in [0.1, 0.15) is 120 Å². The highest BCUT2D eigenvalue weighted by molar-refractivity contribution is 6.30. The summed E-state index contributed by atoms with van der Waals surface area (Å²) in [6, 6.07) is 22.9. The summed E-state index contributed by atoms with van der Waals surface area (Å²) in [6.45, 7) is 1.90. The maximum atomic E-state index is 13.9. The van der Waals surface area contributed by atoms with Crippen molar-refractivity contribution in [1.29, 1.82) is 0 Å². The van der Waals surface area contributed by atoms with Crippen molar-refractivity contribution in [3.05, 3.63) is 222 Å². The highest BCUT2D eigenvalue weighted by Crippen LogP contribution is 2.42. The summed E-state index contributed by atoms with van der Waals surface area (Å²) < 4.78 is 250. The molecule has 40 heteroatoms. The topological polar surface area (TPSA) is 284 Å². The Morgan fingerprint density at radius 1 is 0.522 bits per heavy atom. The smallest absolute Gasteiger partial charge is 0.421 e. The van der Waals surface area contributed by atoms with Crippen LogP contribution < -0.4 is 32.2 Å². The number of aromatic nitrogens is 6. The van der Waals surface area contributed by atoms with Gasteiger partial charge >= 0.3 is 30.7 Å². The number of carbonyl (C=O) groups is 3. The first kappa shape index (κ1) is 88.0. The van der Waals surface area contributed by atoms with E-state index in [-0.39, 0.29) is 125 Å². The van der Waals surface area contributed by atoms with Crippen LogP contribution in [-0.4, -0.2) is 130 Å². The molecule has 4 aromatic carbocycles. The van der Waals surface area contributed by atoms with Crippen LogP contribution in [0.3, 0.4) is 0 Å². The quantitative estimate of drug-likeness (QED) is 0.0210. The highest BCUT2D eigenvalue weighted by atomic mass is 35.5. The van der Waals surface area contributed by atoms with Gasteiger partial charge in [-0.2, -0.15) is 57.7 Å². The van der Waals surface area contributed by atoms with Crippen molar-refractivity contribution >= 4 is 63.6 Å². The van der Waals surface area contributed by atoms with E-state index in [2.05, 4.69) is 24.9 Å². The van der Waals surface area contributed by atoms with Crippen LogP contribution in [0.4, 0.5) is 90.4 Å². The number of likely N-dealkylation sites (tertiary alicyclic amines) is 3. The van der Waals surface area contributed by atoms with E-state index in [1.807, 2.05) is 31.2 Å². The van der Waals surface area contributed by atoms with Crippen LogP contribution >= 0.6 is 23.2 Å². The number of aromatic hydroxyl groups is 1. The molecule has 3 aliphatic heterocycles. The summed E-state index contributed by atoms with van der Waals surface area (Å²) >= 11 is 10.6. The van der Waals surface area contributed by atoms with E-state index in [1.54, 1.807) is 10.6 Å². The number of aromatic carboxylic acids is 1. The number of phenols is 1. The number of benzene rings is 4. The maximum absolute atomic E-state index is 13.9. The van der Waals surface area contributed by atoms with Crippen molar-refractivity contribution in [2.24, 2.45) is 5.73 Å². The number of amides is 1. The number of carbonyl (C=O) groups excluding carboxylic acids is 2. The molecule has 0 saturated carbocycles. The van der Waals surface area contributed by atoms with E-state index in [9.17, 15) is 98.2 Å². The molecule has 0 aliphatic carbocycles. The van der Waals surface area contributed by atoms with Crippen LogP contribution in [0.25, 0.3) is 10.9 Å². The van der Waals surface area contributed by atoms with E-state index in [4.69, 9.17) is 60.1 Å². The third-order valence-corrected chi connectivity index (χ3v) is 17.4. The number of piperidine rings is 3. The van der Waals surface area contributed by atoms with Gasteiger partial charge in [-0.15, -0.1) is 0 Å². The van der Waals surface area contributed by atoms with Gasteiger partial charge in [-0.05, 0) is 147 Å². The van der Waals surface area contributed by atoms with Gasteiger partial charge in [-0.25, -0.2) is 51.1 Å². The van der Waals surface area contributed by atoms with Crippen LogP contribution in [0.15, 0.2) is 139 Å². The zero-order chi connectivity index (χ0) is 83.3. The van der Waals surface area contributed by atoms with E-state index in [0.29, 0.717) is 44.2 Å². The molecule has 9 aromatic rings. The Labute approximate surface area is 639 Å². The Balaban J connectivity index is 0.000000191. The predicted octanol–water partition coefficient (Wildman–Crippen LogP) is 17.2. The fraction of sp³-hybridized carbons (Fsp3) is 0.329. The Morgan fingerprint density at radius 2 is 0.938 bits per heavy atom. The van der Waals surface area contributed by atoms with Gasteiger partial charge < -0.3 is 41.5 Å². The van der Waals surface area contributed by atoms with Crippen molar-refractivity contribution in [2.75, 3.05) is 50.7 Å². The number of fused-ring (bicyclic) bond motifs is 1. The molecule has 1 amide bonds. The molecule has 113 heavy (non-hydrogen) atoms. The average molecular weight is 1650 g/mol. The molecule has 5 aromatic heterocycles. The summed E-state index contributed by atoms with van der Waals surface area (Å²) in [5, 5.41) is 16.3. The highest BCUT2D eigenvalue weighted by Gasteiger charge is 2.42. The van der Waals surface area contributed by atoms with E-state index < -0.39 is 124 Å². The van der Waals surface area contributed by atoms with Gasteiger partial charge in [-0.3, -0.25) is 29.1 Å². The zero-order valence-electron chi connectivity index (χ0n) is 58.8. The van der Waals surface area contributed by atoms with Crippen molar-refractivity contribution in [3.8, 4) is 29.0 Å². The maximum Gasteiger partial charge on any atom is 0.421 e. The number of anilines is 2. The van der Waals surface area contributed by atoms with Crippen LogP contribution in [-0.2, 0) is 50.9 Å². The molecule has 0 atom stereocenters. The summed E-state index contributed by atoms with van der Waals surface area (Å²) in [7, 11) is 0.